The summed E-state index contributed by atoms with van der Waals surface area (Å²) in [5.74, 6) is 4.25. The zero-order chi connectivity index (χ0) is 12.8. The van der Waals surface area contributed by atoms with Gasteiger partial charge in [0.1, 0.15) is 0 Å². The smallest absolute Gasteiger partial charge is 0.191 e. The Balaban J connectivity index is 0. The highest BCUT2D eigenvalue weighted by Gasteiger charge is 1.95. The third kappa shape index (κ3) is 14.5. The molecule has 0 aromatic carbocycles. The van der Waals surface area contributed by atoms with Gasteiger partial charge in [-0.1, -0.05) is 6.08 Å². The Labute approximate surface area is 137 Å². The Bertz CT molecular complexity index is 213. The van der Waals surface area contributed by atoms with Crippen LogP contribution < -0.4 is 10.6 Å². The molecule has 0 aliphatic carbocycles. The lowest BCUT2D eigenvalue weighted by Gasteiger charge is -2.11. The summed E-state index contributed by atoms with van der Waals surface area (Å²) in [7, 11) is 1.81. The summed E-state index contributed by atoms with van der Waals surface area (Å²) in [4.78, 5) is 4.18. The van der Waals surface area contributed by atoms with Crippen molar-refractivity contribution >= 4 is 53.5 Å². The van der Waals surface area contributed by atoms with E-state index in [1.807, 2.05) is 36.6 Å². The lowest BCUT2D eigenvalue weighted by atomic mass is 10.3. The van der Waals surface area contributed by atoms with E-state index in [9.17, 15) is 0 Å². The second-order valence-corrected chi connectivity index (χ2v) is 5.62. The standard InChI is InChI=1S/C12H25N3S2.HI/c1-4-9-17-11-8-15-12(13-2)14-7-5-6-10-16-3;/h4H,1,5-11H2,2-3H3,(H2,13,14,15);1H. The minimum Gasteiger partial charge on any atom is -0.356 e. The maximum Gasteiger partial charge on any atom is 0.191 e. The van der Waals surface area contributed by atoms with Crippen molar-refractivity contribution in [3.8, 4) is 0 Å². The molecule has 108 valence electrons. The number of nitrogens with one attached hydrogen (secondary N) is 2. The molecule has 0 aliphatic heterocycles. The van der Waals surface area contributed by atoms with E-state index in [2.05, 4.69) is 28.5 Å². The van der Waals surface area contributed by atoms with Crippen molar-refractivity contribution in [1.29, 1.82) is 0 Å². The molecule has 0 aliphatic rings. The van der Waals surface area contributed by atoms with Crippen molar-refractivity contribution in [3.63, 3.8) is 0 Å². The van der Waals surface area contributed by atoms with Crippen LogP contribution in [0.1, 0.15) is 12.8 Å². The van der Waals surface area contributed by atoms with Crippen LogP contribution in [-0.4, -0.2) is 49.6 Å². The van der Waals surface area contributed by atoms with Crippen LogP contribution in [0, 0.1) is 0 Å². The van der Waals surface area contributed by atoms with Gasteiger partial charge < -0.3 is 10.6 Å². The molecule has 0 atom stereocenters. The summed E-state index contributed by atoms with van der Waals surface area (Å²) in [5, 5.41) is 6.62. The number of rotatable bonds is 10. The maximum absolute atomic E-state index is 4.18. The van der Waals surface area contributed by atoms with Gasteiger partial charge in [-0.15, -0.1) is 30.6 Å². The lowest BCUT2D eigenvalue weighted by Crippen LogP contribution is -2.38. The van der Waals surface area contributed by atoms with Gasteiger partial charge in [0.2, 0.25) is 0 Å². The lowest BCUT2D eigenvalue weighted by molar-refractivity contribution is 0.739. The Morgan fingerprint density at radius 3 is 2.56 bits per heavy atom. The van der Waals surface area contributed by atoms with Crippen LogP contribution in [0.4, 0.5) is 0 Å². The Morgan fingerprint density at radius 1 is 1.22 bits per heavy atom. The topological polar surface area (TPSA) is 36.4 Å². The molecule has 0 saturated carbocycles. The van der Waals surface area contributed by atoms with Gasteiger partial charge in [0.25, 0.3) is 0 Å². The summed E-state index contributed by atoms with van der Waals surface area (Å²) in [6, 6.07) is 0. The normalized spacial score (nSPS) is 10.7. The molecule has 18 heavy (non-hydrogen) atoms. The third-order valence-electron chi connectivity index (χ3n) is 2.07. The highest BCUT2D eigenvalue weighted by molar-refractivity contribution is 14.0. The molecule has 0 spiro atoms. The van der Waals surface area contributed by atoms with Crippen LogP contribution >= 0.6 is 47.5 Å². The monoisotopic (exact) mass is 403 g/mol. The first-order valence-electron chi connectivity index (χ1n) is 5.97. The molecule has 0 bridgehead atoms. The van der Waals surface area contributed by atoms with E-state index in [0.717, 1.165) is 30.6 Å². The van der Waals surface area contributed by atoms with Gasteiger partial charge in [-0.2, -0.15) is 23.5 Å². The van der Waals surface area contributed by atoms with Crippen molar-refractivity contribution in [2.45, 2.75) is 12.8 Å². The number of thioether (sulfide) groups is 2. The van der Waals surface area contributed by atoms with Gasteiger partial charge in [0.15, 0.2) is 5.96 Å². The molecule has 0 aromatic heterocycles. The first kappa shape index (κ1) is 20.8. The molecule has 0 fully saturated rings. The predicted octanol–water partition coefficient (Wildman–Crippen LogP) is 2.83. The molecule has 2 N–H and O–H groups in total. The largest absolute Gasteiger partial charge is 0.356 e. The minimum atomic E-state index is 0. The summed E-state index contributed by atoms with van der Waals surface area (Å²) < 4.78 is 0. The number of hydrogen-bond acceptors (Lipinski definition) is 3. The molecule has 3 nitrogen and oxygen atoms in total. The number of guanidine groups is 1. The van der Waals surface area contributed by atoms with Crippen LogP contribution in [0.3, 0.4) is 0 Å². The van der Waals surface area contributed by atoms with E-state index in [1.54, 1.807) is 0 Å². The van der Waals surface area contributed by atoms with Gasteiger partial charge in [0, 0.05) is 31.6 Å². The zero-order valence-electron chi connectivity index (χ0n) is 11.4. The van der Waals surface area contributed by atoms with Crippen LogP contribution in [0.25, 0.3) is 0 Å². The molecule has 0 heterocycles. The van der Waals surface area contributed by atoms with E-state index in [-0.39, 0.29) is 24.0 Å². The summed E-state index contributed by atoms with van der Waals surface area (Å²) >= 11 is 3.78. The van der Waals surface area contributed by atoms with Crippen LogP contribution in [0.15, 0.2) is 17.6 Å². The first-order chi connectivity index (χ1) is 8.35. The summed E-state index contributed by atoms with van der Waals surface area (Å²) in [6.07, 6.45) is 6.55. The Kier molecular flexibility index (Phi) is 20.1. The predicted molar refractivity (Wildman–Crippen MR) is 99.9 cm³/mol. The molecular formula is C12H26IN3S2. The summed E-state index contributed by atoms with van der Waals surface area (Å²) in [6.45, 7) is 5.64. The quantitative estimate of drug-likeness (QED) is 0.193. The highest BCUT2D eigenvalue weighted by atomic mass is 127. The van der Waals surface area contributed by atoms with Crippen LogP contribution in [-0.2, 0) is 0 Å². The molecule has 0 aromatic rings. The van der Waals surface area contributed by atoms with Gasteiger partial charge in [-0.3, -0.25) is 4.99 Å². The van der Waals surface area contributed by atoms with E-state index >= 15 is 0 Å². The van der Waals surface area contributed by atoms with Crippen molar-refractivity contribution in [1.82, 2.24) is 10.6 Å². The van der Waals surface area contributed by atoms with Gasteiger partial charge in [-0.25, -0.2) is 0 Å². The average molecular weight is 403 g/mol. The average Bonchev–Trinajstić information content (AvgIpc) is 2.36. The number of unbranched alkanes of at least 4 members (excludes halogenated alkanes) is 1. The van der Waals surface area contributed by atoms with Crippen molar-refractivity contribution in [2.75, 3.05) is 43.7 Å². The maximum atomic E-state index is 4.18. The Hall–Kier alpha value is 0.440. The fourth-order valence-electron chi connectivity index (χ4n) is 1.21. The molecule has 0 rings (SSSR count). The second-order valence-electron chi connectivity index (χ2n) is 3.49. The summed E-state index contributed by atoms with van der Waals surface area (Å²) in [5.41, 5.74) is 0. The first-order valence-corrected chi connectivity index (χ1v) is 8.52. The van der Waals surface area contributed by atoms with Crippen molar-refractivity contribution in [2.24, 2.45) is 4.99 Å². The second kappa shape index (κ2) is 17.4. The van der Waals surface area contributed by atoms with E-state index in [0.29, 0.717) is 0 Å². The molecule has 0 amide bonds. The minimum absolute atomic E-state index is 0. The van der Waals surface area contributed by atoms with Crippen LogP contribution in [0.5, 0.6) is 0 Å². The highest BCUT2D eigenvalue weighted by Crippen LogP contribution is 1.98. The van der Waals surface area contributed by atoms with E-state index < -0.39 is 0 Å². The molecule has 0 unspecified atom stereocenters. The van der Waals surface area contributed by atoms with Crippen molar-refractivity contribution < 1.29 is 0 Å². The van der Waals surface area contributed by atoms with E-state index in [1.165, 1.54) is 18.6 Å². The van der Waals surface area contributed by atoms with E-state index in [4.69, 9.17) is 0 Å². The van der Waals surface area contributed by atoms with Gasteiger partial charge >= 0.3 is 0 Å². The third-order valence-corrected chi connectivity index (χ3v) is 3.73. The van der Waals surface area contributed by atoms with Gasteiger partial charge in [0.05, 0.1) is 0 Å². The molecule has 0 saturated heterocycles. The molecule has 6 heteroatoms. The number of hydrogen-bond donors (Lipinski definition) is 2. The van der Waals surface area contributed by atoms with Crippen LogP contribution in [0.2, 0.25) is 0 Å². The molecule has 0 radical (unpaired) electrons. The SMILES string of the molecule is C=CCSCCNC(=NC)NCCCCSC.I. The van der Waals surface area contributed by atoms with Gasteiger partial charge in [-0.05, 0) is 24.9 Å². The molecular weight excluding hydrogens is 377 g/mol. The number of aliphatic imine (C=N–C) groups is 1. The zero-order valence-corrected chi connectivity index (χ0v) is 15.4. The number of halogens is 1. The van der Waals surface area contributed by atoms with Crippen molar-refractivity contribution in [3.05, 3.63) is 12.7 Å². The fourth-order valence-corrected chi connectivity index (χ4v) is 2.28. The Morgan fingerprint density at radius 2 is 1.94 bits per heavy atom. The number of nitrogens with zero attached hydrogens (tertiary/aromatic N) is 1. The fraction of sp³-hybridized carbons (Fsp3) is 0.750.